The van der Waals surface area contributed by atoms with Gasteiger partial charge < -0.3 is 5.73 Å². The Hall–Kier alpha value is -1.14. The van der Waals surface area contributed by atoms with Crippen molar-refractivity contribution in [3.8, 4) is 0 Å². The maximum absolute atomic E-state index is 11.7. The third-order valence-electron chi connectivity index (χ3n) is 1.95. The number of sulfonamides is 1. The van der Waals surface area contributed by atoms with Gasteiger partial charge in [-0.1, -0.05) is 6.92 Å². The average molecular weight is 229 g/mol. The molecule has 0 aliphatic heterocycles. The van der Waals surface area contributed by atoms with E-state index in [-0.39, 0.29) is 4.90 Å². The van der Waals surface area contributed by atoms with E-state index >= 15 is 0 Å². The molecule has 0 unspecified atom stereocenters. The van der Waals surface area contributed by atoms with Crippen LogP contribution in [0.25, 0.3) is 0 Å². The lowest BCUT2D eigenvalue weighted by Gasteiger charge is -2.06. The highest BCUT2D eigenvalue weighted by Crippen LogP contribution is 2.13. The van der Waals surface area contributed by atoms with Crippen LogP contribution in [0.2, 0.25) is 0 Å². The molecule has 0 spiro atoms. The third-order valence-corrected chi connectivity index (χ3v) is 3.37. The fourth-order valence-electron chi connectivity index (χ4n) is 1.03. The smallest absolute Gasteiger partial charge is 0.242 e. The largest absolute Gasteiger partial charge is 0.383 e. The van der Waals surface area contributed by atoms with Crippen molar-refractivity contribution in [3.05, 3.63) is 17.8 Å². The van der Waals surface area contributed by atoms with Gasteiger partial charge in [-0.2, -0.15) is 0 Å². The van der Waals surface area contributed by atoms with E-state index < -0.39 is 10.0 Å². The number of anilines is 1. The summed E-state index contributed by atoms with van der Waals surface area (Å²) >= 11 is 0. The normalized spacial score (nSPS) is 11.6. The molecule has 3 N–H and O–H groups in total. The molecular weight excluding hydrogens is 214 g/mol. The molecule has 0 atom stereocenters. The number of hydrogen-bond acceptors (Lipinski definition) is 4. The van der Waals surface area contributed by atoms with Gasteiger partial charge in [-0.25, -0.2) is 18.1 Å². The highest BCUT2D eigenvalue weighted by molar-refractivity contribution is 7.89. The molecule has 0 amide bonds. The summed E-state index contributed by atoms with van der Waals surface area (Å²) in [4.78, 5) is 3.97. The zero-order valence-electron chi connectivity index (χ0n) is 8.82. The molecule has 0 aromatic carbocycles. The van der Waals surface area contributed by atoms with Crippen molar-refractivity contribution in [3.63, 3.8) is 0 Å². The van der Waals surface area contributed by atoms with Crippen molar-refractivity contribution in [1.82, 2.24) is 9.71 Å². The first-order valence-corrected chi connectivity index (χ1v) is 6.17. The molecule has 1 rings (SSSR count). The van der Waals surface area contributed by atoms with Crippen LogP contribution in [0.1, 0.15) is 18.9 Å². The first-order chi connectivity index (χ1) is 6.97. The number of nitrogens with two attached hydrogens (primary N) is 1. The van der Waals surface area contributed by atoms with Gasteiger partial charge in [0.25, 0.3) is 0 Å². The molecule has 0 radical (unpaired) electrons. The highest BCUT2D eigenvalue weighted by atomic mass is 32.2. The van der Waals surface area contributed by atoms with E-state index in [2.05, 4.69) is 9.71 Å². The average Bonchev–Trinajstić information content (AvgIpc) is 2.19. The topological polar surface area (TPSA) is 85.1 Å². The molecule has 1 aromatic heterocycles. The molecule has 0 bridgehead atoms. The summed E-state index contributed by atoms with van der Waals surface area (Å²) in [6, 6.07) is 1.51. The predicted octanol–water partition coefficient (Wildman–Crippen LogP) is 0.661. The molecule has 0 saturated heterocycles. The summed E-state index contributed by atoms with van der Waals surface area (Å²) in [6.07, 6.45) is 2.01. The molecule has 1 heterocycles. The van der Waals surface area contributed by atoms with E-state index in [0.29, 0.717) is 17.9 Å². The molecule has 0 aliphatic rings. The lowest BCUT2D eigenvalue weighted by molar-refractivity contribution is 0.580. The Kier molecular flexibility index (Phi) is 3.65. The maximum Gasteiger partial charge on any atom is 0.242 e. The Morgan fingerprint density at radius 2 is 2.20 bits per heavy atom. The number of aryl methyl sites for hydroxylation is 1. The van der Waals surface area contributed by atoms with Crippen LogP contribution in [0.3, 0.4) is 0 Å². The monoisotopic (exact) mass is 229 g/mol. The van der Waals surface area contributed by atoms with E-state index in [1.54, 1.807) is 6.92 Å². The molecule has 15 heavy (non-hydrogen) atoms. The fourth-order valence-corrected chi connectivity index (χ4v) is 2.19. The van der Waals surface area contributed by atoms with Crippen LogP contribution < -0.4 is 10.5 Å². The first kappa shape index (κ1) is 11.9. The Morgan fingerprint density at radius 3 is 2.73 bits per heavy atom. The molecule has 0 aliphatic carbocycles. The van der Waals surface area contributed by atoms with Gasteiger partial charge in [-0.05, 0) is 25.0 Å². The fraction of sp³-hybridized carbons (Fsp3) is 0.444. The minimum Gasteiger partial charge on any atom is -0.383 e. The number of nitrogens with zero attached hydrogens (tertiary/aromatic N) is 1. The lowest BCUT2D eigenvalue weighted by Crippen LogP contribution is -2.24. The van der Waals surface area contributed by atoms with E-state index in [9.17, 15) is 8.42 Å². The third kappa shape index (κ3) is 2.90. The molecule has 1 aromatic rings. The zero-order chi connectivity index (χ0) is 11.5. The quantitative estimate of drug-likeness (QED) is 0.794. The highest BCUT2D eigenvalue weighted by Gasteiger charge is 2.14. The van der Waals surface area contributed by atoms with Gasteiger partial charge in [-0.3, -0.25) is 0 Å². The number of pyridine rings is 1. The number of nitrogens with one attached hydrogen (secondary N) is 1. The standard InChI is InChI=1S/C9H15N3O2S/c1-3-4-12-15(13,14)8-5-7(2)9(10)11-6-8/h5-6,12H,3-4H2,1-2H3,(H2,10,11). The van der Waals surface area contributed by atoms with Crippen molar-refractivity contribution in [1.29, 1.82) is 0 Å². The SMILES string of the molecule is CCCNS(=O)(=O)c1cnc(N)c(C)c1. The Balaban J connectivity index is 3.00. The predicted molar refractivity (Wildman–Crippen MR) is 58.9 cm³/mol. The van der Waals surface area contributed by atoms with Crippen LogP contribution in [0.4, 0.5) is 5.82 Å². The second-order valence-corrected chi connectivity index (χ2v) is 5.04. The molecular formula is C9H15N3O2S. The summed E-state index contributed by atoms with van der Waals surface area (Å²) in [6.45, 7) is 4.04. The lowest BCUT2D eigenvalue weighted by atomic mass is 10.3. The number of nitrogen functional groups attached to an aromatic ring is 1. The van der Waals surface area contributed by atoms with Gasteiger partial charge in [0.15, 0.2) is 0 Å². The Bertz CT molecular complexity index is 443. The molecule has 84 valence electrons. The van der Waals surface area contributed by atoms with Gasteiger partial charge in [0.05, 0.1) is 0 Å². The minimum absolute atomic E-state index is 0.155. The summed E-state index contributed by atoms with van der Waals surface area (Å²) < 4.78 is 25.8. The van der Waals surface area contributed by atoms with Crippen molar-refractivity contribution >= 4 is 15.8 Å². The second kappa shape index (κ2) is 4.59. The Labute approximate surface area is 89.8 Å². The van der Waals surface area contributed by atoms with Crippen molar-refractivity contribution < 1.29 is 8.42 Å². The number of rotatable bonds is 4. The van der Waals surface area contributed by atoms with Gasteiger partial charge in [0.2, 0.25) is 10.0 Å². The molecule has 0 saturated carbocycles. The maximum atomic E-state index is 11.7. The van der Waals surface area contributed by atoms with Crippen LogP contribution >= 0.6 is 0 Å². The summed E-state index contributed by atoms with van der Waals surface area (Å²) in [5.41, 5.74) is 6.17. The van der Waals surface area contributed by atoms with Gasteiger partial charge >= 0.3 is 0 Å². The Morgan fingerprint density at radius 1 is 1.53 bits per heavy atom. The van der Waals surface area contributed by atoms with Gasteiger partial charge in [0.1, 0.15) is 10.7 Å². The molecule has 0 fully saturated rings. The zero-order valence-corrected chi connectivity index (χ0v) is 9.63. The second-order valence-electron chi connectivity index (χ2n) is 3.27. The van der Waals surface area contributed by atoms with Crippen LogP contribution in [-0.2, 0) is 10.0 Å². The van der Waals surface area contributed by atoms with Crippen LogP contribution in [0.15, 0.2) is 17.2 Å². The van der Waals surface area contributed by atoms with E-state index in [0.717, 1.165) is 6.42 Å². The van der Waals surface area contributed by atoms with Crippen LogP contribution in [0.5, 0.6) is 0 Å². The number of aromatic nitrogens is 1. The number of hydrogen-bond donors (Lipinski definition) is 2. The van der Waals surface area contributed by atoms with Crippen LogP contribution in [-0.4, -0.2) is 19.9 Å². The van der Waals surface area contributed by atoms with Crippen molar-refractivity contribution in [2.24, 2.45) is 0 Å². The first-order valence-electron chi connectivity index (χ1n) is 4.69. The van der Waals surface area contributed by atoms with Crippen LogP contribution in [0, 0.1) is 6.92 Å². The summed E-state index contributed by atoms with van der Waals surface area (Å²) in [5, 5.41) is 0. The summed E-state index contributed by atoms with van der Waals surface area (Å²) in [5.74, 6) is 0.351. The molecule has 6 heteroatoms. The van der Waals surface area contributed by atoms with Crippen molar-refractivity contribution in [2.45, 2.75) is 25.2 Å². The molecule has 5 nitrogen and oxygen atoms in total. The van der Waals surface area contributed by atoms with Gasteiger partial charge in [0, 0.05) is 12.7 Å². The summed E-state index contributed by atoms with van der Waals surface area (Å²) in [7, 11) is -3.43. The van der Waals surface area contributed by atoms with Gasteiger partial charge in [-0.15, -0.1) is 0 Å². The van der Waals surface area contributed by atoms with E-state index in [4.69, 9.17) is 5.73 Å². The minimum atomic E-state index is -3.43. The van der Waals surface area contributed by atoms with E-state index in [1.165, 1.54) is 12.3 Å². The van der Waals surface area contributed by atoms with E-state index in [1.807, 2.05) is 6.92 Å². The van der Waals surface area contributed by atoms with Crippen molar-refractivity contribution in [2.75, 3.05) is 12.3 Å².